The van der Waals surface area contributed by atoms with E-state index in [0.717, 1.165) is 26.5 Å². The molecule has 0 aliphatic carbocycles. The van der Waals surface area contributed by atoms with E-state index < -0.39 is 0 Å². The first-order valence-electron chi connectivity index (χ1n) is 7.78. The number of nitrogens with two attached hydrogens (primary N) is 1. The first-order chi connectivity index (χ1) is 12.5. The molecule has 0 radical (unpaired) electrons. The second-order valence-corrected chi connectivity index (χ2v) is 8.64. The average molecular weight is 468 g/mol. The lowest BCUT2D eigenvalue weighted by atomic mass is 10.1. The first kappa shape index (κ1) is 17.9. The summed E-state index contributed by atoms with van der Waals surface area (Å²) >= 11 is 17.7. The topological polar surface area (TPSA) is 54.0 Å². The van der Waals surface area contributed by atoms with E-state index in [4.69, 9.17) is 33.9 Å². The van der Waals surface area contributed by atoms with Gasteiger partial charge in [-0.25, -0.2) is 9.98 Å². The summed E-state index contributed by atoms with van der Waals surface area (Å²) in [6.45, 7) is 0. The zero-order valence-electron chi connectivity index (χ0n) is 13.4. The number of benzene rings is 2. The molecule has 2 aromatic carbocycles. The highest BCUT2D eigenvalue weighted by molar-refractivity contribution is 9.10. The largest absolute Gasteiger partial charge is 0.382 e. The number of fused-ring (bicyclic) bond motifs is 1. The highest BCUT2D eigenvalue weighted by atomic mass is 79.9. The monoisotopic (exact) mass is 466 g/mol. The van der Waals surface area contributed by atoms with Gasteiger partial charge in [-0.2, -0.15) is 0 Å². The fourth-order valence-corrected chi connectivity index (χ4v) is 4.78. The van der Waals surface area contributed by atoms with Crippen LogP contribution in [-0.2, 0) is 6.42 Å². The Kier molecular flexibility index (Phi) is 5.01. The number of halogens is 3. The molecule has 1 unspecified atom stereocenters. The van der Waals surface area contributed by atoms with Crippen molar-refractivity contribution < 1.29 is 0 Å². The average Bonchev–Trinajstić information content (AvgIpc) is 3.04. The minimum Gasteiger partial charge on any atom is -0.382 e. The fraction of sp³-hybridized carbons (Fsp3) is 0.111. The van der Waals surface area contributed by atoms with Gasteiger partial charge in [0, 0.05) is 26.6 Å². The minimum absolute atomic E-state index is 0.0510. The highest BCUT2D eigenvalue weighted by Gasteiger charge is 2.34. The van der Waals surface area contributed by atoms with E-state index in [1.165, 1.54) is 0 Å². The molecular formula is C18H13BrCl2N4S. The molecule has 8 heteroatoms. The van der Waals surface area contributed by atoms with Crippen molar-refractivity contribution in [2.45, 2.75) is 11.8 Å². The van der Waals surface area contributed by atoms with Crippen molar-refractivity contribution in [3.05, 3.63) is 74.1 Å². The second-order valence-electron chi connectivity index (χ2n) is 5.75. The molecule has 2 heterocycles. The van der Waals surface area contributed by atoms with Crippen molar-refractivity contribution in [2.75, 3.05) is 4.90 Å². The molecule has 0 saturated heterocycles. The van der Waals surface area contributed by atoms with Crippen LogP contribution in [0.3, 0.4) is 0 Å². The van der Waals surface area contributed by atoms with Gasteiger partial charge in [-0.05, 0) is 42.0 Å². The zero-order valence-corrected chi connectivity index (χ0v) is 17.3. The summed E-state index contributed by atoms with van der Waals surface area (Å²) in [5, 5.41) is 2.14. The number of thioether (sulfide) groups is 1. The second kappa shape index (κ2) is 7.27. The Labute approximate surface area is 173 Å². The molecule has 0 aromatic heterocycles. The number of hydrogen-bond acceptors (Lipinski definition) is 5. The van der Waals surface area contributed by atoms with Crippen molar-refractivity contribution in [1.82, 2.24) is 0 Å². The van der Waals surface area contributed by atoms with E-state index >= 15 is 0 Å². The lowest BCUT2D eigenvalue weighted by molar-refractivity contribution is 0.938. The number of rotatable bonds is 3. The van der Waals surface area contributed by atoms with Crippen molar-refractivity contribution in [2.24, 2.45) is 15.7 Å². The molecule has 0 fully saturated rings. The van der Waals surface area contributed by atoms with E-state index in [-0.39, 0.29) is 5.37 Å². The van der Waals surface area contributed by atoms with Crippen molar-refractivity contribution in [3.63, 3.8) is 0 Å². The Morgan fingerprint density at radius 3 is 2.50 bits per heavy atom. The molecule has 132 valence electrons. The van der Waals surface area contributed by atoms with Crippen LogP contribution in [0.2, 0.25) is 10.0 Å². The summed E-state index contributed by atoms with van der Waals surface area (Å²) in [6.07, 6.45) is 2.31. The minimum atomic E-state index is -0.0510. The molecule has 0 amide bonds. The van der Waals surface area contributed by atoms with Gasteiger partial charge in [0.15, 0.2) is 0 Å². The van der Waals surface area contributed by atoms with Crippen LogP contribution in [0.1, 0.15) is 5.56 Å². The Hall–Kier alpha value is -1.47. The van der Waals surface area contributed by atoms with Crippen LogP contribution in [0.15, 0.2) is 68.4 Å². The predicted octanol–water partition coefficient (Wildman–Crippen LogP) is 5.45. The van der Waals surface area contributed by atoms with E-state index in [1.807, 2.05) is 42.5 Å². The molecule has 0 saturated carbocycles. The van der Waals surface area contributed by atoms with Gasteiger partial charge in [0.25, 0.3) is 0 Å². The lowest BCUT2D eigenvalue weighted by Gasteiger charge is -2.29. The third-order valence-corrected chi connectivity index (χ3v) is 6.50. The van der Waals surface area contributed by atoms with E-state index in [2.05, 4.69) is 25.8 Å². The van der Waals surface area contributed by atoms with Crippen molar-refractivity contribution >= 4 is 68.0 Å². The summed E-state index contributed by atoms with van der Waals surface area (Å²) in [5.41, 5.74) is 8.73. The van der Waals surface area contributed by atoms with Gasteiger partial charge in [0.1, 0.15) is 16.9 Å². The summed E-state index contributed by atoms with van der Waals surface area (Å²) in [4.78, 5) is 11.1. The number of hydrogen-bond donors (Lipinski definition) is 1. The van der Waals surface area contributed by atoms with Crippen LogP contribution in [0.4, 0.5) is 5.69 Å². The van der Waals surface area contributed by atoms with Crippen LogP contribution >= 0.6 is 50.9 Å². The smallest absolute Gasteiger partial charge is 0.150 e. The quantitative estimate of drug-likeness (QED) is 0.653. The Morgan fingerprint density at radius 2 is 1.81 bits per heavy atom. The predicted molar refractivity (Wildman–Crippen MR) is 115 cm³/mol. The zero-order chi connectivity index (χ0) is 18.3. The molecule has 4 rings (SSSR count). The van der Waals surface area contributed by atoms with Crippen LogP contribution in [0, 0.1) is 0 Å². The molecule has 1 atom stereocenters. The van der Waals surface area contributed by atoms with Gasteiger partial charge in [-0.15, -0.1) is 0 Å². The first-order valence-corrected chi connectivity index (χ1v) is 10.2. The van der Waals surface area contributed by atoms with E-state index in [1.54, 1.807) is 18.1 Å². The Bertz CT molecular complexity index is 936. The molecule has 4 nitrogen and oxygen atoms in total. The summed E-state index contributed by atoms with van der Waals surface area (Å²) < 4.78 is 1.02. The van der Waals surface area contributed by atoms with E-state index in [9.17, 15) is 0 Å². The lowest BCUT2D eigenvalue weighted by Crippen LogP contribution is -2.35. The fourth-order valence-electron chi connectivity index (χ4n) is 2.77. The molecule has 0 spiro atoms. The molecule has 2 aliphatic heterocycles. The maximum Gasteiger partial charge on any atom is 0.150 e. The third-order valence-electron chi connectivity index (χ3n) is 4.08. The molecule has 26 heavy (non-hydrogen) atoms. The molecular weight excluding hydrogens is 455 g/mol. The number of aliphatic imine (C=N–C) groups is 2. The van der Waals surface area contributed by atoms with Crippen LogP contribution < -0.4 is 10.6 Å². The van der Waals surface area contributed by atoms with Gasteiger partial charge in [0.05, 0.1) is 11.4 Å². The summed E-state index contributed by atoms with van der Waals surface area (Å²) in [7, 11) is 0. The normalized spacial score (nSPS) is 19.0. The SMILES string of the molecule is NC1=C2N=C(Cc3c(Cl)cccc3Cl)SC2N(c2ccc(Br)cc2)C=N1. The van der Waals surface area contributed by atoms with Crippen LogP contribution in [0.25, 0.3) is 0 Å². The van der Waals surface area contributed by atoms with Gasteiger partial charge in [-0.3, -0.25) is 0 Å². The van der Waals surface area contributed by atoms with Gasteiger partial charge < -0.3 is 10.6 Å². The third kappa shape index (κ3) is 3.39. The Morgan fingerprint density at radius 1 is 1.12 bits per heavy atom. The van der Waals surface area contributed by atoms with Gasteiger partial charge in [-0.1, -0.05) is 57.0 Å². The Balaban J connectivity index is 1.63. The van der Waals surface area contributed by atoms with Crippen LogP contribution in [0.5, 0.6) is 0 Å². The summed E-state index contributed by atoms with van der Waals surface area (Å²) in [6, 6.07) is 13.5. The standard InChI is InChI=1S/C18H13BrCl2N4S/c19-10-4-6-11(7-5-10)25-9-23-17(22)16-18(25)26-15(24-16)8-12-13(20)2-1-3-14(12)21/h1-7,9,18H,8,22H2. The summed E-state index contributed by atoms with van der Waals surface area (Å²) in [5.74, 6) is 0.441. The maximum atomic E-state index is 6.30. The van der Waals surface area contributed by atoms with Gasteiger partial charge >= 0.3 is 0 Å². The number of anilines is 1. The highest BCUT2D eigenvalue weighted by Crippen LogP contribution is 2.40. The molecule has 2 N–H and O–H groups in total. The molecule has 0 bridgehead atoms. The molecule has 2 aliphatic rings. The van der Waals surface area contributed by atoms with E-state index in [0.29, 0.717) is 22.3 Å². The van der Waals surface area contributed by atoms with Crippen LogP contribution in [-0.4, -0.2) is 16.8 Å². The van der Waals surface area contributed by atoms with Gasteiger partial charge in [0.2, 0.25) is 0 Å². The van der Waals surface area contributed by atoms with Crippen molar-refractivity contribution in [3.8, 4) is 0 Å². The number of nitrogens with zero attached hydrogens (tertiary/aromatic N) is 3. The van der Waals surface area contributed by atoms with Crippen molar-refractivity contribution in [1.29, 1.82) is 0 Å². The maximum absolute atomic E-state index is 6.30. The molecule has 2 aromatic rings.